The zero-order valence-corrected chi connectivity index (χ0v) is 21.3. The Morgan fingerprint density at radius 2 is 1.57 bits per heavy atom. The van der Waals surface area contributed by atoms with Gasteiger partial charge < -0.3 is 5.32 Å². The molecule has 0 fully saturated rings. The van der Waals surface area contributed by atoms with E-state index in [9.17, 15) is 17.6 Å². The van der Waals surface area contributed by atoms with E-state index in [0.717, 1.165) is 5.56 Å². The van der Waals surface area contributed by atoms with Crippen molar-refractivity contribution in [3.63, 3.8) is 0 Å². The van der Waals surface area contributed by atoms with Crippen molar-refractivity contribution in [3.05, 3.63) is 124 Å². The number of rotatable bonds is 7. The average molecular weight is 574 g/mol. The molecule has 0 heterocycles. The number of carbonyl (C=O) groups is 1. The Morgan fingerprint density at radius 1 is 0.914 bits per heavy atom. The molecule has 0 saturated heterocycles. The third kappa shape index (κ3) is 5.73. The van der Waals surface area contributed by atoms with E-state index in [0.29, 0.717) is 10.2 Å². The fourth-order valence-electron chi connectivity index (χ4n) is 3.41. The Balaban J connectivity index is 1.71. The van der Waals surface area contributed by atoms with Crippen molar-refractivity contribution in [3.8, 4) is 0 Å². The quantitative estimate of drug-likeness (QED) is 0.262. The molecule has 1 N–H and O–H groups in total. The SMILES string of the molecule is O=C(Nc1ccc(Br)cc1F)c1cc(S(=O)(=O)N(Cc2ccccc2)c2ccccc2)ccc1Cl. The van der Waals surface area contributed by atoms with Gasteiger partial charge in [-0.1, -0.05) is 76.1 Å². The summed E-state index contributed by atoms with van der Waals surface area (Å²) < 4.78 is 43.5. The first kappa shape index (κ1) is 24.9. The van der Waals surface area contributed by atoms with Crippen LogP contribution in [0, 0.1) is 5.82 Å². The number of carbonyl (C=O) groups excluding carboxylic acids is 1. The second kappa shape index (κ2) is 10.6. The molecule has 0 bridgehead atoms. The van der Waals surface area contributed by atoms with Crippen LogP contribution >= 0.6 is 27.5 Å². The van der Waals surface area contributed by atoms with Gasteiger partial charge in [-0.15, -0.1) is 0 Å². The maximum absolute atomic E-state index is 14.2. The van der Waals surface area contributed by atoms with Crippen molar-refractivity contribution in [2.24, 2.45) is 0 Å². The van der Waals surface area contributed by atoms with Crippen LogP contribution in [-0.2, 0) is 16.6 Å². The molecule has 178 valence electrons. The van der Waals surface area contributed by atoms with Gasteiger partial charge >= 0.3 is 0 Å². The lowest BCUT2D eigenvalue weighted by Gasteiger charge is -2.25. The normalized spacial score (nSPS) is 11.2. The Hall–Kier alpha value is -3.20. The Bertz CT molecular complexity index is 1470. The van der Waals surface area contributed by atoms with Gasteiger partial charge in [-0.25, -0.2) is 12.8 Å². The number of hydrogen-bond acceptors (Lipinski definition) is 3. The molecule has 1 amide bonds. The van der Waals surface area contributed by atoms with Crippen LogP contribution in [0.1, 0.15) is 15.9 Å². The van der Waals surface area contributed by atoms with E-state index in [1.807, 2.05) is 30.3 Å². The molecule has 0 aliphatic heterocycles. The first-order valence-electron chi connectivity index (χ1n) is 10.4. The predicted molar refractivity (Wildman–Crippen MR) is 140 cm³/mol. The minimum atomic E-state index is -4.10. The van der Waals surface area contributed by atoms with E-state index in [4.69, 9.17) is 11.6 Å². The summed E-state index contributed by atoms with van der Waals surface area (Å²) in [4.78, 5) is 12.8. The van der Waals surface area contributed by atoms with Crippen LogP contribution in [0.4, 0.5) is 15.8 Å². The van der Waals surface area contributed by atoms with Crippen molar-refractivity contribution >= 4 is 54.8 Å². The maximum atomic E-state index is 14.2. The maximum Gasteiger partial charge on any atom is 0.264 e. The molecule has 0 spiro atoms. The minimum Gasteiger partial charge on any atom is -0.319 e. The predicted octanol–water partition coefficient (Wildman–Crippen LogP) is 6.89. The van der Waals surface area contributed by atoms with Crippen molar-refractivity contribution < 1.29 is 17.6 Å². The third-order valence-corrected chi connectivity index (χ3v) is 7.76. The lowest BCUT2D eigenvalue weighted by molar-refractivity contribution is 0.102. The zero-order chi connectivity index (χ0) is 25.0. The highest BCUT2D eigenvalue weighted by Crippen LogP contribution is 2.29. The van der Waals surface area contributed by atoms with E-state index in [2.05, 4.69) is 21.2 Å². The second-order valence-corrected chi connectivity index (χ2v) is 10.7. The van der Waals surface area contributed by atoms with Crippen molar-refractivity contribution in [1.82, 2.24) is 0 Å². The van der Waals surface area contributed by atoms with Crippen LogP contribution in [0.5, 0.6) is 0 Å². The van der Waals surface area contributed by atoms with Crippen LogP contribution in [0.15, 0.2) is 106 Å². The van der Waals surface area contributed by atoms with Gasteiger partial charge in [-0.3, -0.25) is 9.10 Å². The molecule has 4 aromatic rings. The highest BCUT2D eigenvalue weighted by Gasteiger charge is 2.27. The summed E-state index contributed by atoms with van der Waals surface area (Å²) in [5, 5.41) is 2.48. The smallest absolute Gasteiger partial charge is 0.264 e. The number of benzene rings is 4. The molecule has 0 unspecified atom stereocenters. The van der Waals surface area contributed by atoms with E-state index in [-0.39, 0.29) is 27.7 Å². The van der Waals surface area contributed by atoms with Gasteiger partial charge in [-0.2, -0.15) is 0 Å². The standard InChI is InChI=1S/C26H19BrClFN2O3S/c27-19-11-14-25(24(29)15-19)30-26(32)22-16-21(12-13-23(22)28)35(33,34)31(20-9-5-2-6-10-20)17-18-7-3-1-4-8-18/h1-16H,17H2,(H,30,32). The largest absolute Gasteiger partial charge is 0.319 e. The number of halogens is 3. The highest BCUT2D eigenvalue weighted by molar-refractivity contribution is 9.10. The summed E-state index contributed by atoms with van der Waals surface area (Å²) in [6.45, 7) is 0.0848. The van der Waals surface area contributed by atoms with Crippen LogP contribution in [0.25, 0.3) is 0 Å². The van der Waals surface area contributed by atoms with Crippen LogP contribution in [0.3, 0.4) is 0 Å². The van der Waals surface area contributed by atoms with Gasteiger partial charge in [0.05, 0.1) is 33.4 Å². The molecule has 0 atom stereocenters. The summed E-state index contributed by atoms with van der Waals surface area (Å²) in [5.41, 5.74) is 1.10. The second-order valence-electron chi connectivity index (χ2n) is 7.55. The van der Waals surface area contributed by atoms with Gasteiger partial charge in [0.1, 0.15) is 5.82 Å². The Morgan fingerprint density at radius 3 is 2.23 bits per heavy atom. The number of anilines is 2. The van der Waals surface area contributed by atoms with E-state index < -0.39 is 21.7 Å². The van der Waals surface area contributed by atoms with Gasteiger partial charge in [-0.05, 0) is 54.1 Å². The fourth-order valence-corrected chi connectivity index (χ4v) is 5.42. The molecule has 0 saturated carbocycles. The molecule has 5 nitrogen and oxygen atoms in total. The lowest BCUT2D eigenvalue weighted by Crippen LogP contribution is -2.30. The monoisotopic (exact) mass is 572 g/mol. The third-order valence-electron chi connectivity index (χ3n) is 5.16. The molecule has 0 radical (unpaired) electrons. The molecule has 4 rings (SSSR count). The lowest BCUT2D eigenvalue weighted by atomic mass is 10.2. The molecule has 0 aliphatic rings. The van der Waals surface area contributed by atoms with Gasteiger partial charge in [0.2, 0.25) is 0 Å². The van der Waals surface area contributed by atoms with Gasteiger partial charge in [0, 0.05) is 4.47 Å². The molecule has 9 heteroatoms. The van der Waals surface area contributed by atoms with Crippen molar-refractivity contribution in [1.29, 1.82) is 0 Å². The van der Waals surface area contributed by atoms with Gasteiger partial charge in [0.25, 0.3) is 15.9 Å². The first-order valence-corrected chi connectivity index (χ1v) is 13.0. The summed E-state index contributed by atoms with van der Waals surface area (Å²) in [6.07, 6.45) is 0. The van der Waals surface area contributed by atoms with Crippen LogP contribution in [0.2, 0.25) is 5.02 Å². The fraction of sp³-hybridized carbons (Fsp3) is 0.0385. The number of hydrogen-bond donors (Lipinski definition) is 1. The summed E-state index contributed by atoms with van der Waals surface area (Å²) in [6, 6.07) is 25.9. The average Bonchev–Trinajstić information content (AvgIpc) is 2.85. The number of nitrogens with zero attached hydrogens (tertiary/aromatic N) is 1. The summed E-state index contributed by atoms with van der Waals surface area (Å²) in [5.74, 6) is -1.38. The van der Waals surface area contributed by atoms with E-state index in [1.165, 1.54) is 34.6 Å². The topological polar surface area (TPSA) is 66.5 Å². The highest BCUT2D eigenvalue weighted by atomic mass is 79.9. The number of sulfonamides is 1. The zero-order valence-electron chi connectivity index (χ0n) is 18.2. The number of amides is 1. The van der Waals surface area contributed by atoms with Crippen LogP contribution in [-0.4, -0.2) is 14.3 Å². The van der Waals surface area contributed by atoms with Crippen molar-refractivity contribution in [2.45, 2.75) is 11.4 Å². The first-order chi connectivity index (χ1) is 16.8. The number of para-hydroxylation sites is 1. The van der Waals surface area contributed by atoms with E-state index in [1.54, 1.807) is 36.4 Å². The molecule has 0 aromatic heterocycles. The summed E-state index contributed by atoms with van der Waals surface area (Å²) >= 11 is 9.39. The van der Waals surface area contributed by atoms with Crippen LogP contribution < -0.4 is 9.62 Å². The molecule has 35 heavy (non-hydrogen) atoms. The van der Waals surface area contributed by atoms with Crippen molar-refractivity contribution in [2.75, 3.05) is 9.62 Å². The molecule has 4 aromatic carbocycles. The Labute approximate surface area is 216 Å². The Kier molecular flexibility index (Phi) is 7.54. The number of nitrogens with one attached hydrogen (secondary N) is 1. The molecular formula is C26H19BrClFN2O3S. The minimum absolute atomic E-state index is 0.0355. The van der Waals surface area contributed by atoms with E-state index >= 15 is 0 Å². The molecule has 0 aliphatic carbocycles. The van der Waals surface area contributed by atoms with Gasteiger partial charge in [0.15, 0.2) is 0 Å². The summed E-state index contributed by atoms with van der Waals surface area (Å²) in [7, 11) is -4.10. The molecular weight excluding hydrogens is 555 g/mol.